The van der Waals surface area contributed by atoms with E-state index in [2.05, 4.69) is 48.6 Å². The molecule has 1 fully saturated rings. The fourth-order valence-corrected chi connectivity index (χ4v) is 2.68. The van der Waals surface area contributed by atoms with Gasteiger partial charge in [0.25, 0.3) is 0 Å². The van der Waals surface area contributed by atoms with Gasteiger partial charge >= 0.3 is 0 Å². The van der Waals surface area contributed by atoms with Crippen molar-refractivity contribution in [3.63, 3.8) is 0 Å². The van der Waals surface area contributed by atoms with Crippen molar-refractivity contribution in [2.45, 2.75) is 31.8 Å². The van der Waals surface area contributed by atoms with Crippen LogP contribution in [0.1, 0.15) is 24.8 Å². The van der Waals surface area contributed by atoms with Gasteiger partial charge in [-0.05, 0) is 36.5 Å². The molecule has 1 saturated carbocycles. The Morgan fingerprint density at radius 3 is 2.56 bits per heavy atom. The molecule has 1 aromatic rings. The molecule has 2 unspecified atom stereocenters. The fourth-order valence-electron chi connectivity index (χ4n) is 2.68. The Morgan fingerprint density at radius 1 is 1.22 bits per heavy atom. The molecule has 3 nitrogen and oxygen atoms in total. The number of hydrogen-bond donors (Lipinski definition) is 2. The van der Waals surface area contributed by atoms with Crippen molar-refractivity contribution < 1.29 is 5.11 Å². The largest absolute Gasteiger partial charge is 0.396 e. The first kappa shape index (κ1) is 13.4. The summed E-state index contributed by atoms with van der Waals surface area (Å²) in [5.41, 5.74) is 2.54. The lowest BCUT2D eigenvalue weighted by atomic mass is 10.0. The van der Waals surface area contributed by atoms with Gasteiger partial charge in [-0.3, -0.25) is 0 Å². The molecule has 2 rings (SSSR count). The zero-order valence-electron chi connectivity index (χ0n) is 11.4. The molecule has 1 aromatic carbocycles. The summed E-state index contributed by atoms with van der Waals surface area (Å²) < 4.78 is 0. The van der Waals surface area contributed by atoms with Crippen LogP contribution in [0.3, 0.4) is 0 Å². The molecular weight excluding hydrogens is 224 g/mol. The highest BCUT2D eigenvalue weighted by molar-refractivity contribution is 5.45. The van der Waals surface area contributed by atoms with Gasteiger partial charge < -0.3 is 15.3 Å². The zero-order chi connectivity index (χ0) is 13.0. The van der Waals surface area contributed by atoms with E-state index in [1.165, 1.54) is 24.1 Å². The number of aliphatic hydroxyl groups excluding tert-OH is 1. The lowest BCUT2D eigenvalue weighted by molar-refractivity contribution is 0.205. The molecule has 3 heteroatoms. The van der Waals surface area contributed by atoms with Crippen molar-refractivity contribution in [3.8, 4) is 0 Å². The number of nitrogens with one attached hydrogen (secondary N) is 1. The lowest BCUT2D eigenvalue weighted by Crippen LogP contribution is -2.33. The van der Waals surface area contributed by atoms with Gasteiger partial charge in [0.2, 0.25) is 0 Å². The van der Waals surface area contributed by atoms with E-state index < -0.39 is 0 Å². The highest BCUT2D eigenvalue weighted by atomic mass is 16.3. The molecular formula is C15H24N2O. The van der Waals surface area contributed by atoms with Crippen LogP contribution in [-0.4, -0.2) is 31.9 Å². The highest BCUT2D eigenvalue weighted by Crippen LogP contribution is 2.25. The first-order valence-electron chi connectivity index (χ1n) is 6.81. The summed E-state index contributed by atoms with van der Waals surface area (Å²) in [5.74, 6) is 0.450. The maximum atomic E-state index is 9.29. The third-order valence-corrected chi connectivity index (χ3v) is 3.91. The van der Waals surface area contributed by atoms with E-state index >= 15 is 0 Å². The Kier molecular flexibility index (Phi) is 4.61. The summed E-state index contributed by atoms with van der Waals surface area (Å²) in [7, 11) is 4.11. The second-order valence-corrected chi connectivity index (χ2v) is 5.42. The predicted molar refractivity (Wildman–Crippen MR) is 75.8 cm³/mol. The van der Waals surface area contributed by atoms with Gasteiger partial charge in [0.1, 0.15) is 0 Å². The molecule has 0 saturated heterocycles. The van der Waals surface area contributed by atoms with E-state index in [9.17, 15) is 5.11 Å². The van der Waals surface area contributed by atoms with Crippen LogP contribution < -0.4 is 10.2 Å². The molecule has 0 bridgehead atoms. The smallest absolute Gasteiger partial charge is 0.0474 e. The average Bonchev–Trinajstić information content (AvgIpc) is 2.84. The Balaban J connectivity index is 1.86. The molecule has 2 atom stereocenters. The molecule has 0 heterocycles. The molecule has 0 aromatic heterocycles. The quantitative estimate of drug-likeness (QED) is 0.836. The predicted octanol–water partition coefficient (Wildman–Crippen LogP) is 2.00. The first-order chi connectivity index (χ1) is 8.70. The van der Waals surface area contributed by atoms with Gasteiger partial charge in [0, 0.05) is 39.0 Å². The minimum absolute atomic E-state index is 0.317. The van der Waals surface area contributed by atoms with Crippen LogP contribution in [0.25, 0.3) is 0 Å². The zero-order valence-corrected chi connectivity index (χ0v) is 11.4. The molecule has 0 spiro atoms. The number of rotatable bonds is 5. The van der Waals surface area contributed by atoms with E-state index in [4.69, 9.17) is 0 Å². The number of benzene rings is 1. The highest BCUT2D eigenvalue weighted by Gasteiger charge is 2.25. The molecule has 0 amide bonds. The number of nitrogens with zero attached hydrogens (tertiary/aromatic N) is 1. The standard InChI is InChI=1S/C15H24N2O/c1-17(2)14-8-6-12(7-9-14)10-16-15-5-3-4-13(15)11-18/h6-9,13,15-16,18H,3-5,10-11H2,1-2H3. The van der Waals surface area contributed by atoms with E-state index in [0.717, 1.165) is 13.0 Å². The van der Waals surface area contributed by atoms with Crippen LogP contribution in [0.15, 0.2) is 24.3 Å². The summed E-state index contributed by atoms with van der Waals surface area (Å²) in [5, 5.41) is 12.9. The Labute approximate surface area is 110 Å². The Bertz CT molecular complexity index is 361. The van der Waals surface area contributed by atoms with Crippen LogP contribution in [0.4, 0.5) is 5.69 Å². The monoisotopic (exact) mass is 248 g/mol. The van der Waals surface area contributed by atoms with Gasteiger partial charge in [0.05, 0.1) is 0 Å². The molecule has 0 radical (unpaired) electrons. The maximum Gasteiger partial charge on any atom is 0.0474 e. The van der Waals surface area contributed by atoms with E-state index in [-0.39, 0.29) is 0 Å². The van der Waals surface area contributed by atoms with Crippen LogP contribution in [0, 0.1) is 5.92 Å². The van der Waals surface area contributed by atoms with Crippen molar-refractivity contribution >= 4 is 5.69 Å². The van der Waals surface area contributed by atoms with Crippen molar-refractivity contribution in [2.24, 2.45) is 5.92 Å². The van der Waals surface area contributed by atoms with Gasteiger partial charge in [0.15, 0.2) is 0 Å². The van der Waals surface area contributed by atoms with Crippen LogP contribution in [0.5, 0.6) is 0 Å². The second kappa shape index (κ2) is 6.21. The fraction of sp³-hybridized carbons (Fsp3) is 0.600. The van der Waals surface area contributed by atoms with Crippen LogP contribution in [-0.2, 0) is 6.54 Å². The summed E-state index contributed by atoms with van der Waals surface area (Å²) in [6, 6.07) is 9.13. The summed E-state index contributed by atoms with van der Waals surface area (Å²) in [6.07, 6.45) is 3.59. The van der Waals surface area contributed by atoms with Crippen molar-refractivity contribution in [3.05, 3.63) is 29.8 Å². The van der Waals surface area contributed by atoms with E-state index in [1.54, 1.807) is 0 Å². The minimum Gasteiger partial charge on any atom is -0.396 e. The van der Waals surface area contributed by atoms with E-state index in [0.29, 0.717) is 18.6 Å². The van der Waals surface area contributed by atoms with Gasteiger partial charge in [-0.15, -0.1) is 0 Å². The summed E-state index contributed by atoms with van der Waals surface area (Å²) in [4.78, 5) is 2.11. The molecule has 1 aliphatic carbocycles. The van der Waals surface area contributed by atoms with Crippen LogP contribution in [0.2, 0.25) is 0 Å². The molecule has 2 N–H and O–H groups in total. The lowest BCUT2D eigenvalue weighted by Gasteiger charge is -2.19. The number of hydrogen-bond acceptors (Lipinski definition) is 3. The average molecular weight is 248 g/mol. The Hall–Kier alpha value is -1.06. The van der Waals surface area contributed by atoms with Gasteiger partial charge in [-0.1, -0.05) is 18.6 Å². The Morgan fingerprint density at radius 2 is 1.94 bits per heavy atom. The third kappa shape index (κ3) is 3.24. The minimum atomic E-state index is 0.317. The van der Waals surface area contributed by atoms with E-state index in [1.807, 2.05) is 0 Å². The third-order valence-electron chi connectivity index (χ3n) is 3.91. The number of anilines is 1. The molecule has 100 valence electrons. The second-order valence-electron chi connectivity index (χ2n) is 5.42. The summed E-state index contributed by atoms with van der Waals surface area (Å²) in [6.45, 7) is 1.21. The molecule has 1 aliphatic rings. The topological polar surface area (TPSA) is 35.5 Å². The summed E-state index contributed by atoms with van der Waals surface area (Å²) >= 11 is 0. The molecule has 18 heavy (non-hydrogen) atoms. The number of aliphatic hydroxyl groups is 1. The first-order valence-corrected chi connectivity index (χ1v) is 6.81. The normalized spacial score (nSPS) is 23.3. The van der Waals surface area contributed by atoms with Crippen molar-refractivity contribution in [1.29, 1.82) is 0 Å². The van der Waals surface area contributed by atoms with Gasteiger partial charge in [-0.25, -0.2) is 0 Å². The molecule has 0 aliphatic heterocycles. The van der Waals surface area contributed by atoms with Crippen LogP contribution >= 0.6 is 0 Å². The SMILES string of the molecule is CN(C)c1ccc(CNC2CCCC2CO)cc1. The van der Waals surface area contributed by atoms with Crippen molar-refractivity contribution in [2.75, 3.05) is 25.6 Å². The van der Waals surface area contributed by atoms with Gasteiger partial charge in [-0.2, -0.15) is 0 Å². The maximum absolute atomic E-state index is 9.29. The van der Waals surface area contributed by atoms with Crippen molar-refractivity contribution in [1.82, 2.24) is 5.32 Å².